The van der Waals surface area contributed by atoms with E-state index in [0.29, 0.717) is 19.8 Å². The highest BCUT2D eigenvalue weighted by Gasteiger charge is 2.09. The summed E-state index contributed by atoms with van der Waals surface area (Å²) in [4.78, 5) is 13.8. The molecule has 0 bridgehead atoms. The molecule has 0 amide bonds. The molecule has 1 aromatic carbocycles. The number of methoxy groups -OCH3 is 1. The van der Waals surface area contributed by atoms with Gasteiger partial charge in [0.25, 0.3) is 0 Å². The molecule has 8 heteroatoms. The number of hydrogen-bond donors (Lipinski definition) is 1. The van der Waals surface area contributed by atoms with E-state index >= 15 is 0 Å². The maximum atomic E-state index is 5.66. The van der Waals surface area contributed by atoms with Crippen LogP contribution in [0, 0.1) is 6.92 Å². The Kier molecular flexibility index (Phi) is 9.98. The summed E-state index contributed by atoms with van der Waals surface area (Å²) in [7, 11) is 1.70. The van der Waals surface area contributed by atoms with Crippen molar-refractivity contribution in [3.05, 3.63) is 47.8 Å². The van der Waals surface area contributed by atoms with Crippen LogP contribution in [0.4, 0.5) is 0 Å². The van der Waals surface area contributed by atoms with Crippen molar-refractivity contribution in [3.63, 3.8) is 0 Å². The van der Waals surface area contributed by atoms with E-state index in [9.17, 15) is 0 Å². The second kappa shape index (κ2) is 13.0. The Balaban J connectivity index is 1.38. The molecule has 0 saturated carbocycles. The molecule has 3 rings (SSSR count). The predicted octanol–water partition coefficient (Wildman–Crippen LogP) is 4.72. The highest BCUT2D eigenvalue weighted by Crippen LogP contribution is 2.28. The number of pyridine rings is 1. The SMILES string of the molecule is COCCCOCCOCCSc1ccnc(CSc2nc3ccccc3[nH]2)c1C. The smallest absolute Gasteiger partial charge is 0.166 e. The molecule has 0 aliphatic rings. The Morgan fingerprint density at radius 2 is 1.80 bits per heavy atom. The van der Waals surface area contributed by atoms with Crippen molar-refractivity contribution in [1.29, 1.82) is 0 Å². The molecule has 0 aliphatic carbocycles. The third kappa shape index (κ3) is 7.28. The van der Waals surface area contributed by atoms with E-state index in [-0.39, 0.29) is 0 Å². The standard InChI is InChI=1S/C22H29N3O3S2/c1-17-20(16-30-22-24-18-6-3-4-7-19(18)25-22)23-9-8-21(17)29-15-14-28-13-12-27-11-5-10-26-2/h3-4,6-9H,5,10-16H2,1-2H3,(H,24,25). The molecule has 0 aliphatic heterocycles. The van der Waals surface area contributed by atoms with Gasteiger partial charge in [0.1, 0.15) is 0 Å². The number of aromatic nitrogens is 3. The molecule has 6 nitrogen and oxygen atoms in total. The second-order valence-corrected chi connectivity index (χ2v) is 8.75. The minimum Gasteiger partial charge on any atom is -0.385 e. The minimum atomic E-state index is 0.627. The molecule has 0 saturated heterocycles. The third-order valence-corrected chi connectivity index (χ3v) is 6.48. The lowest BCUT2D eigenvalue weighted by Crippen LogP contribution is -2.08. The first kappa shape index (κ1) is 23.1. The van der Waals surface area contributed by atoms with Crippen LogP contribution in [0.25, 0.3) is 11.0 Å². The lowest BCUT2D eigenvalue weighted by Gasteiger charge is -2.10. The number of benzene rings is 1. The lowest BCUT2D eigenvalue weighted by molar-refractivity contribution is 0.0450. The van der Waals surface area contributed by atoms with Gasteiger partial charge in [0.05, 0.1) is 36.5 Å². The predicted molar refractivity (Wildman–Crippen MR) is 123 cm³/mol. The van der Waals surface area contributed by atoms with Gasteiger partial charge in [-0.2, -0.15) is 0 Å². The number of imidazole rings is 1. The zero-order chi connectivity index (χ0) is 21.0. The maximum absolute atomic E-state index is 5.66. The number of fused-ring (bicyclic) bond motifs is 1. The number of hydrogen-bond acceptors (Lipinski definition) is 7. The number of para-hydroxylation sites is 2. The quantitative estimate of drug-likeness (QED) is 0.283. The van der Waals surface area contributed by atoms with Crippen LogP contribution in [0.1, 0.15) is 17.7 Å². The fourth-order valence-corrected chi connectivity index (χ4v) is 4.66. The molecule has 0 radical (unpaired) electrons. The van der Waals surface area contributed by atoms with Crippen LogP contribution in [0.5, 0.6) is 0 Å². The first-order valence-electron chi connectivity index (χ1n) is 10.1. The van der Waals surface area contributed by atoms with Crippen molar-refractivity contribution in [3.8, 4) is 0 Å². The summed E-state index contributed by atoms with van der Waals surface area (Å²) in [6, 6.07) is 10.2. The van der Waals surface area contributed by atoms with Crippen LogP contribution in [-0.2, 0) is 20.0 Å². The number of aromatic amines is 1. The molecule has 3 aromatic rings. The molecule has 1 N–H and O–H groups in total. The maximum Gasteiger partial charge on any atom is 0.166 e. The van der Waals surface area contributed by atoms with Gasteiger partial charge < -0.3 is 19.2 Å². The molecule has 162 valence electrons. The Hall–Kier alpha value is -1.58. The largest absolute Gasteiger partial charge is 0.385 e. The fourth-order valence-electron chi connectivity index (χ4n) is 2.83. The van der Waals surface area contributed by atoms with Crippen molar-refractivity contribution in [2.75, 3.05) is 45.9 Å². The molecule has 0 spiro atoms. The van der Waals surface area contributed by atoms with Crippen molar-refractivity contribution in [1.82, 2.24) is 15.0 Å². The van der Waals surface area contributed by atoms with E-state index in [2.05, 4.69) is 27.9 Å². The van der Waals surface area contributed by atoms with E-state index < -0.39 is 0 Å². The second-order valence-electron chi connectivity index (χ2n) is 6.65. The molecule has 0 fully saturated rings. The van der Waals surface area contributed by atoms with Crippen LogP contribution >= 0.6 is 23.5 Å². The zero-order valence-corrected chi connectivity index (χ0v) is 19.2. The molecular weight excluding hydrogens is 418 g/mol. The number of H-pyrrole nitrogens is 1. The Labute approximate surface area is 186 Å². The normalized spacial score (nSPS) is 11.4. The topological polar surface area (TPSA) is 69.3 Å². The van der Waals surface area contributed by atoms with E-state index in [1.54, 1.807) is 30.6 Å². The third-order valence-electron chi connectivity index (χ3n) is 4.47. The number of rotatable bonds is 14. The van der Waals surface area contributed by atoms with Gasteiger partial charge in [0.15, 0.2) is 5.16 Å². The molecule has 0 atom stereocenters. The van der Waals surface area contributed by atoms with Crippen molar-refractivity contribution in [2.45, 2.75) is 29.1 Å². The van der Waals surface area contributed by atoms with Gasteiger partial charge in [-0.15, -0.1) is 11.8 Å². The summed E-state index contributed by atoms with van der Waals surface area (Å²) in [5.41, 5.74) is 4.38. The van der Waals surface area contributed by atoms with Crippen LogP contribution in [-0.4, -0.2) is 60.8 Å². The zero-order valence-electron chi connectivity index (χ0n) is 17.6. The van der Waals surface area contributed by atoms with Crippen molar-refractivity contribution < 1.29 is 14.2 Å². The Morgan fingerprint density at radius 3 is 2.63 bits per heavy atom. The number of ether oxygens (including phenoxy) is 3. The average Bonchev–Trinajstić information content (AvgIpc) is 3.18. The first-order chi connectivity index (χ1) is 14.8. The lowest BCUT2D eigenvalue weighted by atomic mass is 10.2. The number of nitrogens with zero attached hydrogens (tertiary/aromatic N) is 2. The summed E-state index contributed by atoms with van der Waals surface area (Å²) >= 11 is 3.49. The van der Waals surface area contributed by atoms with E-state index in [1.165, 1.54) is 10.5 Å². The summed E-state index contributed by atoms with van der Waals surface area (Å²) in [5, 5.41) is 0.924. The van der Waals surface area contributed by atoms with Gasteiger partial charge >= 0.3 is 0 Å². The molecule has 0 unspecified atom stereocenters. The van der Waals surface area contributed by atoms with E-state index in [4.69, 9.17) is 14.2 Å². The van der Waals surface area contributed by atoms with E-state index in [0.717, 1.165) is 53.0 Å². The van der Waals surface area contributed by atoms with Crippen LogP contribution < -0.4 is 0 Å². The Morgan fingerprint density at radius 1 is 0.967 bits per heavy atom. The average molecular weight is 448 g/mol. The summed E-state index contributed by atoms with van der Waals surface area (Å²) < 4.78 is 16.1. The van der Waals surface area contributed by atoms with Gasteiger partial charge in [0, 0.05) is 42.9 Å². The summed E-state index contributed by atoms with van der Waals surface area (Å²) in [6.45, 7) is 5.56. The van der Waals surface area contributed by atoms with Gasteiger partial charge in [0.2, 0.25) is 0 Å². The molecular formula is C22H29N3O3S2. The highest BCUT2D eigenvalue weighted by atomic mass is 32.2. The fraction of sp³-hybridized carbons (Fsp3) is 0.455. The number of thioether (sulfide) groups is 2. The Bertz CT molecular complexity index is 871. The van der Waals surface area contributed by atoms with Crippen LogP contribution in [0.3, 0.4) is 0 Å². The molecule has 2 aromatic heterocycles. The minimum absolute atomic E-state index is 0.627. The number of nitrogens with one attached hydrogen (secondary N) is 1. The van der Waals surface area contributed by atoms with Gasteiger partial charge in [-0.05, 0) is 37.1 Å². The summed E-state index contributed by atoms with van der Waals surface area (Å²) in [5.74, 6) is 1.70. The van der Waals surface area contributed by atoms with Gasteiger partial charge in [-0.1, -0.05) is 23.9 Å². The van der Waals surface area contributed by atoms with Crippen LogP contribution in [0.15, 0.2) is 46.6 Å². The monoisotopic (exact) mass is 447 g/mol. The van der Waals surface area contributed by atoms with E-state index in [1.807, 2.05) is 30.5 Å². The van der Waals surface area contributed by atoms with Gasteiger partial charge in [-0.3, -0.25) is 4.98 Å². The van der Waals surface area contributed by atoms with Crippen LogP contribution in [0.2, 0.25) is 0 Å². The van der Waals surface area contributed by atoms with Crippen molar-refractivity contribution in [2.24, 2.45) is 0 Å². The molecule has 2 heterocycles. The van der Waals surface area contributed by atoms with Crippen molar-refractivity contribution >= 4 is 34.6 Å². The van der Waals surface area contributed by atoms with Gasteiger partial charge in [-0.25, -0.2) is 4.98 Å². The first-order valence-corrected chi connectivity index (χ1v) is 12.0. The molecule has 30 heavy (non-hydrogen) atoms. The highest BCUT2D eigenvalue weighted by molar-refractivity contribution is 7.99. The summed E-state index contributed by atoms with van der Waals surface area (Å²) in [6.07, 6.45) is 2.81.